The fourth-order valence-electron chi connectivity index (χ4n) is 2.41. The molecule has 2 rings (SSSR count). The predicted molar refractivity (Wildman–Crippen MR) is 104 cm³/mol. The Morgan fingerprint density at radius 2 is 1.68 bits per heavy atom. The second-order valence-electron chi connectivity index (χ2n) is 6.20. The molecule has 0 saturated carbocycles. The van der Waals surface area contributed by atoms with Gasteiger partial charge >= 0.3 is 5.97 Å². The molecule has 7 heteroatoms. The van der Waals surface area contributed by atoms with Crippen LogP contribution in [0.25, 0.3) is 0 Å². The first-order valence-corrected chi connectivity index (χ1v) is 9.09. The maximum Gasteiger partial charge on any atom is 0.341 e. The molecule has 7 nitrogen and oxygen atoms in total. The number of nitrogens with one attached hydrogen (secondary N) is 2. The van der Waals surface area contributed by atoms with Crippen LogP contribution in [-0.4, -0.2) is 36.0 Å². The van der Waals surface area contributed by atoms with Crippen molar-refractivity contribution in [1.29, 1.82) is 0 Å². The largest absolute Gasteiger partial charge is 0.482 e. The highest BCUT2D eigenvalue weighted by Gasteiger charge is 2.09. The minimum Gasteiger partial charge on any atom is -0.482 e. The number of rotatable bonds is 10. The lowest BCUT2D eigenvalue weighted by Crippen LogP contribution is -2.24. The van der Waals surface area contributed by atoms with Gasteiger partial charge in [-0.25, -0.2) is 4.79 Å². The van der Waals surface area contributed by atoms with Crippen LogP contribution in [-0.2, 0) is 11.3 Å². The van der Waals surface area contributed by atoms with Crippen LogP contribution < -0.4 is 15.4 Å². The summed E-state index contributed by atoms with van der Waals surface area (Å²) < 4.78 is 5.07. The number of amides is 2. The maximum absolute atomic E-state index is 12.3. The predicted octanol–water partition coefficient (Wildman–Crippen LogP) is 2.61. The zero-order chi connectivity index (χ0) is 20.4. The van der Waals surface area contributed by atoms with Crippen LogP contribution in [0, 0.1) is 0 Å². The van der Waals surface area contributed by atoms with Gasteiger partial charge in [-0.2, -0.15) is 0 Å². The molecule has 0 heterocycles. The smallest absolute Gasteiger partial charge is 0.341 e. The molecule has 148 valence electrons. The summed E-state index contributed by atoms with van der Waals surface area (Å²) in [6, 6.07) is 13.4. The first-order chi connectivity index (χ1) is 13.5. The molecule has 0 radical (unpaired) electrons. The summed E-state index contributed by atoms with van der Waals surface area (Å²) in [6.07, 6.45) is 1.96. The van der Waals surface area contributed by atoms with Crippen LogP contribution >= 0.6 is 0 Å². The fourth-order valence-corrected chi connectivity index (χ4v) is 2.41. The number of unbranched alkanes of at least 4 members (excludes halogenated alkanes) is 1. The summed E-state index contributed by atoms with van der Waals surface area (Å²) in [7, 11) is 0. The van der Waals surface area contributed by atoms with Crippen LogP contribution in [0.4, 0.5) is 0 Å². The number of carbonyl (C=O) groups is 3. The Morgan fingerprint density at radius 3 is 2.36 bits per heavy atom. The van der Waals surface area contributed by atoms with E-state index in [-0.39, 0.29) is 11.8 Å². The average Bonchev–Trinajstić information content (AvgIpc) is 2.71. The number of carboxylic acid groups (broad SMARTS) is 1. The van der Waals surface area contributed by atoms with Gasteiger partial charge in [0.25, 0.3) is 11.8 Å². The number of carboxylic acids is 1. The van der Waals surface area contributed by atoms with Gasteiger partial charge in [-0.1, -0.05) is 31.5 Å². The molecule has 0 aromatic heterocycles. The Bertz CT molecular complexity index is 818. The second-order valence-corrected chi connectivity index (χ2v) is 6.20. The molecule has 0 bridgehead atoms. The van der Waals surface area contributed by atoms with Gasteiger partial charge in [0, 0.05) is 24.2 Å². The van der Waals surface area contributed by atoms with Crippen molar-refractivity contribution in [2.24, 2.45) is 0 Å². The number of benzene rings is 2. The van der Waals surface area contributed by atoms with E-state index in [0.29, 0.717) is 30.0 Å². The third kappa shape index (κ3) is 6.75. The minimum atomic E-state index is -1.09. The zero-order valence-electron chi connectivity index (χ0n) is 15.7. The normalized spacial score (nSPS) is 10.2. The molecule has 0 saturated heterocycles. The molecule has 0 unspecified atom stereocenters. The van der Waals surface area contributed by atoms with Gasteiger partial charge in [0.1, 0.15) is 5.75 Å². The Hall–Kier alpha value is -3.35. The molecule has 28 heavy (non-hydrogen) atoms. The third-order valence-electron chi connectivity index (χ3n) is 3.94. The second kappa shape index (κ2) is 10.7. The van der Waals surface area contributed by atoms with Crippen molar-refractivity contribution in [3.05, 3.63) is 65.2 Å². The molecule has 0 aliphatic rings. The van der Waals surface area contributed by atoms with Crippen LogP contribution in [0.1, 0.15) is 46.0 Å². The van der Waals surface area contributed by atoms with Crippen LogP contribution in [0.15, 0.2) is 48.5 Å². The highest BCUT2D eigenvalue weighted by molar-refractivity contribution is 5.95. The van der Waals surface area contributed by atoms with E-state index in [1.165, 1.54) is 6.07 Å². The third-order valence-corrected chi connectivity index (χ3v) is 3.94. The van der Waals surface area contributed by atoms with E-state index in [1.807, 2.05) is 0 Å². The lowest BCUT2D eigenvalue weighted by Gasteiger charge is -2.09. The van der Waals surface area contributed by atoms with E-state index in [9.17, 15) is 14.4 Å². The van der Waals surface area contributed by atoms with E-state index in [0.717, 1.165) is 18.4 Å². The topological polar surface area (TPSA) is 105 Å². The first kappa shape index (κ1) is 21.0. The highest BCUT2D eigenvalue weighted by atomic mass is 16.5. The Labute approximate surface area is 163 Å². The molecule has 3 N–H and O–H groups in total. The molecule has 2 aromatic carbocycles. The van der Waals surface area contributed by atoms with E-state index < -0.39 is 12.6 Å². The SMILES string of the molecule is CCCCNC(=O)c1ccc(CNC(=O)c2cccc(OCC(=O)O)c2)cc1. The van der Waals surface area contributed by atoms with Crippen molar-refractivity contribution in [3.8, 4) is 5.75 Å². The number of aliphatic carboxylic acids is 1. The van der Waals surface area contributed by atoms with Gasteiger partial charge < -0.3 is 20.5 Å². The van der Waals surface area contributed by atoms with Crippen LogP contribution in [0.2, 0.25) is 0 Å². The lowest BCUT2D eigenvalue weighted by atomic mass is 10.1. The molecule has 0 spiro atoms. The number of ether oxygens (including phenoxy) is 1. The standard InChI is InChI=1S/C21H24N2O5/c1-2-3-11-22-20(26)16-9-7-15(8-10-16)13-23-21(27)17-5-4-6-18(12-17)28-14-19(24)25/h4-10,12H,2-3,11,13-14H2,1H3,(H,22,26)(H,23,27)(H,24,25). The van der Waals surface area contributed by atoms with E-state index in [1.54, 1.807) is 42.5 Å². The Kier molecular flexibility index (Phi) is 8.02. The molecule has 0 aliphatic heterocycles. The first-order valence-electron chi connectivity index (χ1n) is 9.09. The molecule has 0 atom stereocenters. The van der Waals surface area contributed by atoms with Crippen LogP contribution in [0.5, 0.6) is 5.75 Å². The lowest BCUT2D eigenvalue weighted by molar-refractivity contribution is -0.139. The summed E-state index contributed by atoms with van der Waals surface area (Å²) in [5.74, 6) is -1.18. The highest BCUT2D eigenvalue weighted by Crippen LogP contribution is 2.13. The molecular formula is C21H24N2O5. The molecule has 2 amide bonds. The maximum atomic E-state index is 12.3. The monoisotopic (exact) mass is 384 g/mol. The van der Waals surface area contributed by atoms with Crippen LogP contribution in [0.3, 0.4) is 0 Å². The van der Waals surface area contributed by atoms with Crippen molar-refractivity contribution in [3.63, 3.8) is 0 Å². The molecule has 2 aromatic rings. The summed E-state index contributed by atoms with van der Waals surface area (Å²) in [6.45, 7) is 2.55. The summed E-state index contributed by atoms with van der Waals surface area (Å²) in [5.41, 5.74) is 1.81. The fraction of sp³-hybridized carbons (Fsp3) is 0.286. The number of carbonyl (C=O) groups excluding carboxylic acids is 2. The minimum absolute atomic E-state index is 0.109. The zero-order valence-corrected chi connectivity index (χ0v) is 15.7. The van der Waals surface area contributed by atoms with Crippen molar-refractivity contribution < 1.29 is 24.2 Å². The molecule has 0 fully saturated rings. The van der Waals surface area contributed by atoms with Gasteiger partial charge in [-0.05, 0) is 42.3 Å². The number of hydrogen-bond donors (Lipinski definition) is 3. The van der Waals surface area contributed by atoms with E-state index >= 15 is 0 Å². The number of hydrogen-bond acceptors (Lipinski definition) is 4. The summed E-state index contributed by atoms with van der Waals surface area (Å²) >= 11 is 0. The van der Waals surface area contributed by atoms with Crippen molar-refractivity contribution in [2.45, 2.75) is 26.3 Å². The average molecular weight is 384 g/mol. The van der Waals surface area contributed by atoms with E-state index in [2.05, 4.69) is 17.6 Å². The van der Waals surface area contributed by atoms with Gasteiger partial charge in [-0.15, -0.1) is 0 Å². The van der Waals surface area contributed by atoms with Crippen molar-refractivity contribution in [1.82, 2.24) is 10.6 Å². The van der Waals surface area contributed by atoms with Gasteiger partial charge in [0.2, 0.25) is 0 Å². The summed E-state index contributed by atoms with van der Waals surface area (Å²) in [4.78, 5) is 34.8. The molecular weight excluding hydrogens is 360 g/mol. The summed E-state index contributed by atoms with van der Waals surface area (Å²) in [5, 5.41) is 14.3. The van der Waals surface area contributed by atoms with Gasteiger partial charge in [0.15, 0.2) is 6.61 Å². The van der Waals surface area contributed by atoms with Crippen molar-refractivity contribution in [2.75, 3.05) is 13.2 Å². The quantitative estimate of drug-likeness (QED) is 0.546. The Balaban J connectivity index is 1.88. The van der Waals surface area contributed by atoms with Gasteiger partial charge in [-0.3, -0.25) is 9.59 Å². The molecule has 0 aliphatic carbocycles. The Morgan fingerprint density at radius 1 is 0.964 bits per heavy atom. The van der Waals surface area contributed by atoms with E-state index in [4.69, 9.17) is 9.84 Å². The van der Waals surface area contributed by atoms with Gasteiger partial charge in [0.05, 0.1) is 0 Å². The van der Waals surface area contributed by atoms with Crippen molar-refractivity contribution >= 4 is 17.8 Å².